The molecule has 0 fully saturated rings. The van der Waals surface area contributed by atoms with Gasteiger partial charge in [-0.2, -0.15) is 5.10 Å². The van der Waals surface area contributed by atoms with E-state index in [4.69, 9.17) is 11.6 Å². The van der Waals surface area contributed by atoms with Crippen LogP contribution in [0.15, 0.2) is 73.3 Å². The Labute approximate surface area is 155 Å². The number of aryl methyl sites for hydroxylation is 2. The maximum Gasteiger partial charge on any atom is 0.123 e. The Bertz CT molecular complexity index is 1010. The SMILES string of the molecule is Fc1cccc(-c2nn(CCn3ccnc3)c(-c3ccccc3)c2Cl)c1. The van der Waals surface area contributed by atoms with Gasteiger partial charge in [-0.05, 0) is 12.1 Å². The average Bonchev–Trinajstić information content (AvgIpc) is 3.28. The van der Waals surface area contributed by atoms with Crippen LogP contribution in [-0.2, 0) is 13.1 Å². The molecule has 4 aromatic rings. The highest BCUT2D eigenvalue weighted by molar-refractivity contribution is 6.35. The van der Waals surface area contributed by atoms with E-state index >= 15 is 0 Å². The van der Waals surface area contributed by atoms with Crippen LogP contribution in [0, 0.1) is 5.82 Å². The van der Waals surface area contributed by atoms with E-state index in [2.05, 4.69) is 10.1 Å². The third-order valence-electron chi connectivity index (χ3n) is 4.17. The van der Waals surface area contributed by atoms with Crippen LogP contribution in [0.2, 0.25) is 5.02 Å². The predicted molar refractivity (Wildman–Crippen MR) is 100 cm³/mol. The monoisotopic (exact) mass is 366 g/mol. The number of rotatable bonds is 5. The van der Waals surface area contributed by atoms with Crippen LogP contribution in [-0.4, -0.2) is 19.3 Å². The smallest absolute Gasteiger partial charge is 0.123 e. The summed E-state index contributed by atoms with van der Waals surface area (Å²) in [4.78, 5) is 4.06. The van der Waals surface area contributed by atoms with Gasteiger partial charge in [-0.3, -0.25) is 4.68 Å². The van der Waals surface area contributed by atoms with Crippen LogP contribution in [0.4, 0.5) is 4.39 Å². The molecule has 0 atom stereocenters. The van der Waals surface area contributed by atoms with Crippen molar-refractivity contribution in [3.05, 3.63) is 84.2 Å². The molecule has 4 rings (SSSR count). The highest BCUT2D eigenvalue weighted by Gasteiger charge is 2.19. The van der Waals surface area contributed by atoms with Gasteiger partial charge in [0.2, 0.25) is 0 Å². The molecular weight excluding hydrogens is 351 g/mol. The van der Waals surface area contributed by atoms with Crippen LogP contribution in [0.1, 0.15) is 0 Å². The summed E-state index contributed by atoms with van der Waals surface area (Å²) in [6.45, 7) is 1.33. The zero-order valence-electron chi connectivity index (χ0n) is 13.9. The molecule has 0 N–H and O–H groups in total. The summed E-state index contributed by atoms with van der Waals surface area (Å²) in [5.74, 6) is -0.312. The van der Waals surface area contributed by atoms with Crippen LogP contribution in [0.5, 0.6) is 0 Å². The molecule has 2 heterocycles. The van der Waals surface area contributed by atoms with Gasteiger partial charge >= 0.3 is 0 Å². The highest BCUT2D eigenvalue weighted by Crippen LogP contribution is 2.36. The van der Waals surface area contributed by atoms with Gasteiger partial charge in [-0.15, -0.1) is 0 Å². The van der Waals surface area contributed by atoms with Gasteiger partial charge in [-0.25, -0.2) is 9.37 Å². The van der Waals surface area contributed by atoms with E-state index in [9.17, 15) is 4.39 Å². The second-order valence-corrected chi connectivity index (χ2v) is 6.29. The van der Waals surface area contributed by atoms with Crippen molar-refractivity contribution < 1.29 is 4.39 Å². The number of hydrogen-bond acceptors (Lipinski definition) is 2. The quantitative estimate of drug-likeness (QED) is 0.503. The van der Waals surface area contributed by atoms with Crippen LogP contribution >= 0.6 is 11.6 Å². The molecule has 0 bridgehead atoms. The van der Waals surface area contributed by atoms with Crippen molar-refractivity contribution >= 4 is 11.6 Å². The fourth-order valence-corrected chi connectivity index (χ4v) is 3.28. The Hall–Kier alpha value is -2.92. The summed E-state index contributed by atoms with van der Waals surface area (Å²) < 4.78 is 17.5. The summed E-state index contributed by atoms with van der Waals surface area (Å²) in [7, 11) is 0. The summed E-state index contributed by atoms with van der Waals surface area (Å²) in [5, 5.41) is 5.20. The van der Waals surface area contributed by atoms with Crippen molar-refractivity contribution in [2.24, 2.45) is 0 Å². The van der Waals surface area contributed by atoms with Crippen molar-refractivity contribution in [3.63, 3.8) is 0 Å². The first-order valence-electron chi connectivity index (χ1n) is 8.26. The van der Waals surface area contributed by atoms with E-state index in [-0.39, 0.29) is 5.82 Å². The van der Waals surface area contributed by atoms with Gasteiger partial charge in [0, 0.05) is 30.1 Å². The lowest BCUT2D eigenvalue weighted by atomic mass is 10.1. The van der Waals surface area contributed by atoms with Crippen molar-refractivity contribution in [2.75, 3.05) is 0 Å². The van der Waals surface area contributed by atoms with Gasteiger partial charge in [0.15, 0.2) is 0 Å². The highest BCUT2D eigenvalue weighted by atomic mass is 35.5. The molecule has 6 heteroatoms. The number of halogens is 2. The van der Waals surface area contributed by atoms with E-state index in [1.165, 1.54) is 12.1 Å². The zero-order chi connectivity index (χ0) is 17.9. The molecule has 0 saturated heterocycles. The van der Waals surface area contributed by atoms with Gasteiger partial charge in [0.25, 0.3) is 0 Å². The van der Waals surface area contributed by atoms with Gasteiger partial charge < -0.3 is 4.57 Å². The lowest BCUT2D eigenvalue weighted by molar-refractivity contribution is 0.538. The largest absolute Gasteiger partial charge is 0.336 e. The molecule has 0 spiro atoms. The summed E-state index contributed by atoms with van der Waals surface area (Å²) >= 11 is 6.69. The Morgan fingerprint density at radius 2 is 1.77 bits per heavy atom. The average molecular weight is 367 g/mol. The first-order chi connectivity index (χ1) is 12.7. The topological polar surface area (TPSA) is 35.6 Å². The standard InChI is InChI=1S/C20H16ClFN4/c21-18-19(16-7-4-8-17(22)13-16)24-26(12-11-25-10-9-23-14-25)20(18)15-5-2-1-3-6-15/h1-10,13-14H,11-12H2. The van der Waals surface area contributed by atoms with Crippen molar-refractivity contribution in [1.82, 2.24) is 19.3 Å². The fourth-order valence-electron chi connectivity index (χ4n) is 2.92. The number of nitrogens with zero attached hydrogens (tertiary/aromatic N) is 4. The lowest BCUT2D eigenvalue weighted by Crippen LogP contribution is -2.08. The summed E-state index contributed by atoms with van der Waals surface area (Å²) in [6.07, 6.45) is 5.41. The molecule has 4 nitrogen and oxygen atoms in total. The van der Waals surface area contributed by atoms with Gasteiger partial charge in [0.1, 0.15) is 11.5 Å². The number of imidazole rings is 1. The predicted octanol–water partition coefficient (Wildman–Crippen LogP) is 4.91. The molecule has 0 saturated carbocycles. The van der Waals surface area contributed by atoms with E-state index in [0.717, 1.165) is 11.3 Å². The fraction of sp³-hybridized carbons (Fsp3) is 0.100. The second-order valence-electron chi connectivity index (χ2n) is 5.91. The van der Waals surface area contributed by atoms with E-state index in [1.807, 2.05) is 51.8 Å². The maximum atomic E-state index is 13.7. The lowest BCUT2D eigenvalue weighted by Gasteiger charge is -2.08. The van der Waals surface area contributed by atoms with E-state index in [0.29, 0.717) is 29.4 Å². The third-order valence-corrected chi connectivity index (χ3v) is 4.53. The minimum absolute atomic E-state index is 0.312. The van der Waals surface area contributed by atoms with Crippen LogP contribution in [0.25, 0.3) is 22.5 Å². The van der Waals surface area contributed by atoms with E-state index in [1.54, 1.807) is 18.6 Å². The molecule has 0 radical (unpaired) electrons. The molecule has 0 aliphatic carbocycles. The van der Waals surface area contributed by atoms with Gasteiger partial charge in [0.05, 0.1) is 23.6 Å². The normalized spacial score (nSPS) is 11.0. The maximum absolute atomic E-state index is 13.7. The molecule has 2 aromatic heterocycles. The molecule has 0 unspecified atom stereocenters. The van der Waals surface area contributed by atoms with Crippen LogP contribution < -0.4 is 0 Å². The Balaban J connectivity index is 1.79. The molecule has 0 amide bonds. The van der Waals surface area contributed by atoms with Crippen molar-refractivity contribution in [2.45, 2.75) is 13.1 Å². The minimum Gasteiger partial charge on any atom is -0.336 e. The molecule has 0 aliphatic rings. The van der Waals surface area contributed by atoms with Crippen LogP contribution in [0.3, 0.4) is 0 Å². The molecule has 26 heavy (non-hydrogen) atoms. The van der Waals surface area contributed by atoms with E-state index < -0.39 is 0 Å². The van der Waals surface area contributed by atoms with Crippen molar-refractivity contribution in [1.29, 1.82) is 0 Å². The Morgan fingerprint density at radius 1 is 0.962 bits per heavy atom. The molecule has 2 aromatic carbocycles. The first-order valence-corrected chi connectivity index (χ1v) is 8.63. The number of benzene rings is 2. The molecule has 130 valence electrons. The first kappa shape index (κ1) is 16.5. The number of hydrogen-bond donors (Lipinski definition) is 0. The number of aromatic nitrogens is 4. The van der Waals surface area contributed by atoms with Gasteiger partial charge in [-0.1, -0.05) is 54.1 Å². The zero-order valence-corrected chi connectivity index (χ0v) is 14.6. The summed E-state index contributed by atoms with van der Waals surface area (Å²) in [6, 6.07) is 16.2. The Morgan fingerprint density at radius 3 is 2.50 bits per heavy atom. The molecule has 0 aliphatic heterocycles. The summed E-state index contributed by atoms with van der Waals surface area (Å²) in [5.41, 5.74) is 3.04. The minimum atomic E-state index is -0.312. The Kier molecular flexibility index (Phi) is 4.54. The molecular formula is C20H16ClFN4. The van der Waals surface area contributed by atoms with Crippen molar-refractivity contribution in [3.8, 4) is 22.5 Å². The third kappa shape index (κ3) is 3.26. The second kappa shape index (κ2) is 7.14.